The van der Waals surface area contributed by atoms with Crippen LogP contribution < -0.4 is 20.7 Å². The second-order valence-electron chi connectivity index (χ2n) is 10.4. The number of aromatic nitrogens is 2. The van der Waals surface area contributed by atoms with E-state index >= 15 is 4.39 Å². The number of hydrogen-bond donors (Lipinski definition) is 2. The Hall–Kier alpha value is -3.30. The van der Waals surface area contributed by atoms with Gasteiger partial charge in [-0.2, -0.15) is 5.26 Å². The molecule has 12 heteroatoms. The number of anilines is 2. The average molecular weight is 584 g/mol. The van der Waals surface area contributed by atoms with E-state index < -0.39 is 11.6 Å². The number of piperazine rings is 1. The fourth-order valence-corrected chi connectivity index (χ4v) is 6.83. The van der Waals surface area contributed by atoms with Crippen LogP contribution in [0.4, 0.5) is 19.6 Å². The number of rotatable bonds is 5. The third-order valence-corrected chi connectivity index (χ3v) is 9.07. The van der Waals surface area contributed by atoms with Crippen molar-refractivity contribution in [3.8, 4) is 23.1 Å². The number of thiazole rings is 1. The van der Waals surface area contributed by atoms with Crippen molar-refractivity contribution in [1.82, 2.24) is 20.2 Å². The Balaban J connectivity index is 1.59. The standard InChI is InChI=1S/C28H28ClF2N7OS/c1-14-12-34-7-9-38(14)25-17-10-19(29)21(16-5-6-20(30)26-24(16)36-28(33)40-26)22(31)23(17)35-27(18(25)11-32)39-13-15-4-3-8-37(15)2/h5-6,10,14-15,34H,3-4,7-9,12-13H2,1-2H3,(H2,33,36)/t14-,15-/m0/s1. The highest BCUT2D eigenvalue weighted by molar-refractivity contribution is 7.22. The van der Waals surface area contributed by atoms with E-state index in [0.29, 0.717) is 42.9 Å². The fraction of sp³-hybridized carbons (Fsp3) is 0.393. The van der Waals surface area contributed by atoms with Crippen LogP contribution in [-0.4, -0.2) is 66.8 Å². The first-order chi connectivity index (χ1) is 19.3. The molecule has 0 saturated carbocycles. The zero-order chi connectivity index (χ0) is 28.1. The van der Waals surface area contributed by atoms with Crippen LogP contribution in [-0.2, 0) is 0 Å². The van der Waals surface area contributed by atoms with E-state index in [1.54, 1.807) is 6.07 Å². The Morgan fingerprint density at radius 3 is 2.83 bits per heavy atom. The van der Waals surface area contributed by atoms with Gasteiger partial charge in [0, 0.05) is 48.2 Å². The van der Waals surface area contributed by atoms with Gasteiger partial charge in [0.05, 0.1) is 20.9 Å². The van der Waals surface area contributed by atoms with Crippen molar-refractivity contribution in [2.24, 2.45) is 0 Å². The Morgan fingerprint density at radius 1 is 1.27 bits per heavy atom. The van der Waals surface area contributed by atoms with Gasteiger partial charge in [0.25, 0.3) is 0 Å². The normalized spacial score (nSPS) is 19.9. The summed E-state index contributed by atoms with van der Waals surface area (Å²) in [7, 11) is 2.04. The van der Waals surface area contributed by atoms with Gasteiger partial charge in [-0.05, 0) is 51.6 Å². The maximum absolute atomic E-state index is 16.6. The molecule has 0 amide bonds. The second-order valence-corrected chi connectivity index (χ2v) is 11.8. The van der Waals surface area contributed by atoms with E-state index in [9.17, 15) is 9.65 Å². The van der Waals surface area contributed by atoms with Crippen LogP contribution in [0.2, 0.25) is 5.02 Å². The molecule has 0 aliphatic carbocycles. The monoisotopic (exact) mass is 583 g/mol. The number of hydrogen-bond acceptors (Lipinski definition) is 9. The molecule has 4 aromatic rings. The average Bonchev–Trinajstić information content (AvgIpc) is 3.53. The van der Waals surface area contributed by atoms with Gasteiger partial charge in [-0.25, -0.2) is 18.7 Å². The second kappa shape index (κ2) is 10.6. The lowest BCUT2D eigenvalue weighted by molar-refractivity contribution is 0.193. The number of halogens is 3. The van der Waals surface area contributed by atoms with Gasteiger partial charge in [-0.15, -0.1) is 0 Å². The summed E-state index contributed by atoms with van der Waals surface area (Å²) in [5.74, 6) is -1.10. The molecule has 0 bridgehead atoms. The summed E-state index contributed by atoms with van der Waals surface area (Å²) < 4.78 is 37.6. The molecule has 6 rings (SSSR count). The number of nitrogen functional groups attached to an aromatic ring is 1. The highest BCUT2D eigenvalue weighted by Gasteiger charge is 2.31. The molecular formula is C28H28ClF2N7OS. The Kier molecular flexibility index (Phi) is 7.12. The molecule has 3 N–H and O–H groups in total. The summed E-state index contributed by atoms with van der Waals surface area (Å²) in [5.41, 5.74) is 7.28. The highest BCUT2D eigenvalue weighted by Crippen LogP contribution is 2.45. The van der Waals surface area contributed by atoms with Crippen LogP contribution in [0.15, 0.2) is 18.2 Å². The van der Waals surface area contributed by atoms with Crippen molar-refractivity contribution in [3.63, 3.8) is 0 Å². The first-order valence-electron chi connectivity index (χ1n) is 13.2. The predicted molar refractivity (Wildman–Crippen MR) is 155 cm³/mol. The van der Waals surface area contributed by atoms with Crippen LogP contribution in [0.5, 0.6) is 5.88 Å². The van der Waals surface area contributed by atoms with E-state index in [2.05, 4.69) is 31.2 Å². The van der Waals surface area contributed by atoms with Crippen molar-refractivity contribution < 1.29 is 13.5 Å². The lowest BCUT2D eigenvalue weighted by Crippen LogP contribution is -2.50. The molecule has 2 aliphatic heterocycles. The Bertz CT molecular complexity index is 1670. The zero-order valence-corrected chi connectivity index (χ0v) is 23.7. The van der Waals surface area contributed by atoms with E-state index in [-0.39, 0.29) is 55.0 Å². The van der Waals surface area contributed by atoms with Crippen molar-refractivity contribution in [3.05, 3.63) is 40.4 Å². The maximum Gasteiger partial charge on any atom is 0.234 e. The third-order valence-electron chi connectivity index (χ3n) is 7.88. The summed E-state index contributed by atoms with van der Waals surface area (Å²) in [6.07, 6.45) is 2.03. The van der Waals surface area contributed by atoms with Gasteiger partial charge >= 0.3 is 0 Å². The van der Waals surface area contributed by atoms with Crippen molar-refractivity contribution in [2.45, 2.75) is 31.8 Å². The molecule has 4 heterocycles. The molecule has 8 nitrogen and oxygen atoms in total. The zero-order valence-electron chi connectivity index (χ0n) is 22.1. The smallest absolute Gasteiger partial charge is 0.234 e. The number of fused-ring (bicyclic) bond motifs is 2. The lowest BCUT2D eigenvalue weighted by atomic mass is 9.98. The Labute approximate surface area is 239 Å². The molecule has 0 spiro atoms. The molecule has 0 radical (unpaired) electrons. The summed E-state index contributed by atoms with van der Waals surface area (Å²) in [6, 6.07) is 6.82. The van der Waals surface area contributed by atoms with Crippen LogP contribution in [0.1, 0.15) is 25.3 Å². The minimum absolute atomic E-state index is 0.0228. The lowest BCUT2D eigenvalue weighted by Gasteiger charge is -2.37. The van der Waals surface area contributed by atoms with Crippen LogP contribution in [0.25, 0.3) is 32.2 Å². The number of pyridine rings is 1. The number of nitrogens with one attached hydrogen (secondary N) is 1. The summed E-state index contributed by atoms with van der Waals surface area (Å²) >= 11 is 7.76. The summed E-state index contributed by atoms with van der Waals surface area (Å²) in [4.78, 5) is 13.1. The van der Waals surface area contributed by atoms with Gasteiger partial charge < -0.3 is 25.6 Å². The molecule has 40 heavy (non-hydrogen) atoms. The van der Waals surface area contributed by atoms with E-state index in [1.807, 2.05) is 14.0 Å². The number of likely N-dealkylation sites (tertiary alicyclic amines) is 1. The first kappa shape index (κ1) is 26.9. The number of nitrogens with two attached hydrogens (primary N) is 1. The third kappa shape index (κ3) is 4.49. The van der Waals surface area contributed by atoms with E-state index in [0.717, 1.165) is 30.7 Å². The molecule has 2 atom stereocenters. The van der Waals surface area contributed by atoms with Crippen LogP contribution in [0, 0.1) is 23.0 Å². The predicted octanol–water partition coefficient (Wildman–Crippen LogP) is 5.17. The summed E-state index contributed by atoms with van der Waals surface area (Å²) in [6.45, 7) is 5.36. The van der Waals surface area contributed by atoms with Crippen molar-refractivity contribution in [2.75, 3.05) is 50.5 Å². The van der Waals surface area contributed by atoms with Gasteiger partial charge in [0.15, 0.2) is 10.9 Å². The highest BCUT2D eigenvalue weighted by atomic mass is 35.5. The quantitative estimate of drug-likeness (QED) is 0.332. The molecule has 208 valence electrons. The molecule has 2 aliphatic rings. The number of likely N-dealkylation sites (N-methyl/N-ethyl adjacent to an activating group) is 1. The van der Waals surface area contributed by atoms with Crippen LogP contribution in [0.3, 0.4) is 0 Å². The minimum Gasteiger partial charge on any atom is -0.475 e. The Morgan fingerprint density at radius 2 is 2.10 bits per heavy atom. The van der Waals surface area contributed by atoms with Crippen LogP contribution >= 0.6 is 22.9 Å². The number of nitrogens with zero attached hydrogens (tertiary/aromatic N) is 5. The molecule has 2 aromatic carbocycles. The molecule has 2 aromatic heterocycles. The topological polar surface area (TPSA) is 103 Å². The molecule has 0 unspecified atom stereocenters. The fourth-order valence-electron chi connectivity index (χ4n) is 5.77. The minimum atomic E-state index is -0.696. The maximum atomic E-state index is 16.6. The molecule has 2 saturated heterocycles. The van der Waals surface area contributed by atoms with E-state index in [4.69, 9.17) is 22.1 Å². The van der Waals surface area contributed by atoms with Crippen molar-refractivity contribution >= 4 is 54.9 Å². The number of ether oxygens (including phenoxy) is 1. The van der Waals surface area contributed by atoms with E-state index in [1.165, 1.54) is 12.1 Å². The first-order valence-corrected chi connectivity index (χ1v) is 14.4. The van der Waals surface area contributed by atoms with Crippen molar-refractivity contribution in [1.29, 1.82) is 5.26 Å². The number of nitriles is 1. The summed E-state index contributed by atoms with van der Waals surface area (Å²) in [5, 5.41) is 14.4. The van der Waals surface area contributed by atoms with Gasteiger partial charge in [-0.3, -0.25) is 0 Å². The molecular weight excluding hydrogens is 556 g/mol. The largest absolute Gasteiger partial charge is 0.475 e. The van der Waals surface area contributed by atoms with Gasteiger partial charge in [-0.1, -0.05) is 22.9 Å². The van der Waals surface area contributed by atoms with Gasteiger partial charge in [0.2, 0.25) is 5.88 Å². The SMILES string of the molecule is C[C@H]1CNCCN1c1c(C#N)c(OC[C@@H]2CCCN2C)nc2c(F)c(-c3ccc(F)c4sc(N)nc34)c(Cl)cc12. The number of benzene rings is 2. The molecule has 2 fully saturated rings. The van der Waals surface area contributed by atoms with Gasteiger partial charge in [0.1, 0.15) is 29.6 Å².